The lowest BCUT2D eigenvalue weighted by Gasteiger charge is -2.32. The van der Waals surface area contributed by atoms with E-state index in [1.165, 1.54) is 60.4 Å². The van der Waals surface area contributed by atoms with Crippen LogP contribution in [0.3, 0.4) is 0 Å². The summed E-state index contributed by atoms with van der Waals surface area (Å²) in [6.45, 7) is 2.98. The number of amides is 2. The highest BCUT2D eigenvalue weighted by Gasteiger charge is 2.33. The van der Waals surface area contributed by atoms with Crippen LogP contribution in [0.15, 0.2) is 77.7 Å². The number of carbonyl (C=O) groups excluding carboxylic acids is 2. The van der Waals surface area contributed by atoms with Crippen molar-refractivity contribution in [3.05, 3.63) is 94.2 Å². The minimum Gasteiger partial charge on any atom is -0.354 e. The Kier molecular flexibility index (Phi) is 10.7. The predicted molar refractivity (Wildman–Crippen MR) is 152 cm³/mol. The van der Waals surface area contributed by atoms with Gasteiger partial charge in [0.15, 0.2) is 0 Å². The van der Waals surface area contributed by atoms with Gasteiger partial charge in [0, 0.05) is 28.7 Å². The number of hydrogen-bond acceptors (Lipinski definition) is 4. The molecule has 2 amide bonds. The summed E-state index contributed by atoms with van der Waals surface area (Å²) >= 11 is 12.3. The van der Waals surface area contributed by atoms with Crippen LogP contribution in [0.5, 0.6) is 0 Å². The molecule has 0 spiro atoms. The molecule has 3 aromatic carbocycles. The standard InChI is InChI=1S/C28H30Cl2FN3O4S/c1-3-4-14-32-28(36)20(2)33(18-21-10-8-9-13-26(21)31)27(35)19-34(24-16-22(29)15-23(30)17-24)39(37,38)25-11-6-5-7-12-25/h5-13,15-17,20H,3-4,14,18-19H2,1-2H3,(H,32,36)/t20-/m1/s1. The molecule has 0 aliphatic carbocycles. The first-order valence-corrected chi connectivity index (χ1v) is 14.6. The summed E-state index contributed by atoms with van der Waals surface area (Å²) in [5.41, 5.74) is 0.248. The van der Waals surface area contributed by atoms with Crippen molar-refractivity contribution in [2.24, 2.45) is 0 Å². The molecule has 39 heavy (non-hydrogen) atoms. The van der Waals surface area contributed by atoms with Crippen molar-refractivity contribution in [2.45, 2.75) is 44.2 Å². The van der Waals surface area contributed by atoms with Crippen molar-refractivity contribution in [1.82, 2.24) is 10.2 Å². The van der Waals surface area contributed by atoms with Crippen LogP contribution in [0.2, 0.25) is 10.0 Å². The zero-order valence-electron chi connectivity index (χ0n) is 21.6. The van der Waals surface area contributed by atoms with Crippen LogP contribution in [-0.2, 0) is 26.2 Å². The molecule has 0 bridgehead atoms. The van der Waals surface area contributed by atoms with E-state index in [4.69, 9.17) is 23.2 Å². The molecule has 11 heteroatoms. The lowest BCUT2D eigenvalue weighted by molar-refractivity contribution is -0.139. The van der Waals surface area contributed by atoms with Gasteiger partial charge in [-0.25, -0.2) is 12.8 Å². The zero-order chi connectivity index (χ0) is 28.6. The molecule has 0 saturated carbocycles. The highest BCUT2D eigenvalue weighted by Crippen LogP contribution is 2.30. The van der Waals surface area contributed by atoms with Gasteiger partial charge in [0.05, 0.1) is 10.6 Å². The number of benzene rings is 3. The van der Waals surface area contributed by atoms with Gasteiger partial charge in [-0.1, -0.05) is 72.9 Å². The van der Waals surface area contributed by atoms with E-state index in [-0.39, 0.29) is 32.7 Å². The van der Waals surface area contributed by atoms with Gasteiger partial charge in [-0.2, -0.15) is 0 Å². The Morgan fingerprint density at radius 3 is 2.21 bits per heavy atom. The van der Waals surface area contributed by atoms with E-state index in [9.17, 15) is 22.4 Å². The Bertz CT molecular complexity index is 1390. The first-order chi connectivity index (χ1) is 18.5. The average Bonchev–Trinajstić information content (AvgIpc) is 2.90. The maximum Gasteiger partial charge on any atom is 0.264 e. The van der Waals surface area contributed by atoms with E-state index in [0.717, 1.165) is 17.1 Å². The second kappa shape index (κ2) is 13.8. The van der Waals surface area contributed by atoms with Gasteiger partial charge >= 0.3 is 0 Å². The van der Waals surface area contributed by atoms with Gasteiger partial charge in [-0.05, 0) is 49.7 Å². The fourth-order valence-electron chi connectivity index (χ4n) is 3.86. The lowest BCUT2D eigenvalue weighted by Crippen LogP contribution is -2.51. The molecule has 7 nitrogen and oxygen atoms in total. The molecule has 0 saturated heterocycles. The number of hydrogen-bond donors (Lipinski definition) is 1. The van der Waals surface area contributed by atoms with Gasteiger partial charge in [-0.15, -0.1) is 0 Å². The fraction of sp³-hybridized carbons (Fsp3) is 0.286. The van der Waals surface area contributed by atoms with Gasteiger partial charge in [-0.3, -0.25) is 13.9 Å². The van der Waals surface area contributed by atoms with Crippen LogP contribution in [0, 0.1) is 5.82 Å². The van der Waals surface area contributed by atoms with Crippen molar-refractivity contribution in [1.29, 1.82) is 0 Å². The molecule has 1 N–H and O–H groups in total. The average molecular weight is 595 g/mol. The van der Waals surface area contributed by atoms with E-state index in [0.29, 0.717) is 6.54 Å². The summed E-state index contributed by atoms with van der Waals surface area (Å²) in [5.74, 6) is -1.70. The summed E-state index contributed by atoms with van der Waals surface area (Å²) in [6.07, 6.45) is 1.61. The number of nitrogens with zero attached hydrogens (tertiary/aromatic N) is 2. The van der Waals surface area contributed by atoms with Gasteiger partial charge < -0.3 is 10.2 Å². The van der Waals surface area contributed by atoms with E-state index in [1.54, 1.807) is 24.3 Å². The smallest absolute Gasteiger partial charge is 0.264 e. The maximum atomic E-state index is 14.6. The minimum atomic E-state index is -4.27. The van der Waals surface area contributed by atoms with Gasteiger partial charge in [0.25, 0.3) is 10.0 Å². The Morgan fingerprint density at radius 1 is 0.974 bits per heavy atom. The molecule has 3 rings (SSSR count). The van der Waals surface area contributed by atoms with Crippen LogP contribution in [0.25, 0.3) is 0 Å². The van der Waals surface area contributed by atoms with E-state index in [2.05, 4.69) is 5.32 Å². The summed E-state index contributed by atoms with van der Waals surface area (Å²) < 4.78 is 42.9. The van der Waals surface area contributed by atoms with Crippen molar-refractivity contribution in [2.75, 3.05) is 17.4 Å². The molecular weight excluding hydrogens is 564 g/mol. The van der Waals surface area contributed by atoms with Crippen LogP contribution >= 0.6 is 23.2 Å². The second-order valence-electron chi connectivity index (χ2n) is 8.89. The number of unbranched alkanes of at least 4 members (excludes halogenated alkanes) is 1. The van der Waals surface area contributed by atoms with Gasteiger partial charge in [0.1, 0.15) is 18.4 Å². The van der Waals surface area contributed by atoms with E-state index in [1.807, 2.05) is 6.92 Å². The number of anilines is 1. The molecule has 0 fully saturated rings. The monoisotopic (exact) mass is 593 g/mol. The minimum absolute atomic E-state index is 0.0556. The highest BCUT2D eigenvalue weighted by molar-refractivity contribution is 7.92. The Morgan fingerprint density at radius 2 is 1.59 bits per heavy atom. The fourth-order valence-corrected chi connectivity index (χ4v) is 5.79. The predicted octanol–water partition coefficient (Wildman–Crippen LogP) is 5.66. The number of nitrogens with one attached hydrogen (secondary N) is 1. The number of halogens is 3. The first-order valence-electron chi connectivity index (χ1n) is 12.4. The van der Waals surface area contributed by atoms with Crippen LogP contribution in [0.4, 0.5) is 10.1 Å². The normalized spacial score (nSPS) is 12.0. The summed E-state index contributed by atoms with van der Waals surface area (Å²) in [6, 6.07) is 16.7. The van der Waals surface area contributed by atoms with E-state index < -0.39 is 40.2 Å². The largest absolute Gasteiger partial charge is 0.354 e. The highest BCUT2D eigenvalue weighted by atomic mass is 35.5. The summed E-state index contributed by atoms with van der Waals surface area (Å²) in [5, 5.41) is 3.12. The SMILES string of the molecule is CCCCNC(=O)[C@@H](C)N(Cc1ccccc1F)C(=O)CN(c1cc(Cl)cc(Cl)c1)S(=O)(=O)c1ccccc1. The Labute approximate surface area is 238 Å². The third-order valence-corrected chi connectivity index (χ3v) is 8.27. The van der Waals surface area contributed by atoms with Crippen molar-refractivity contribution in [3.8, 4) is 0 Å². The molecule has 0 aromatic heterocycles. The molecule has 208 valence electrons. The second-order valence-corrected chi connectivity index (χ2v) is 11.6. The van der Waals surface area contributed by atoms with Crippen LogP contribution < -0.4 is 9.62 Å². The molecule has 0 aliphatic rings. The molecule has 3 aromatic rings. The molecule has 0 heterocycles. The van der Waals surface area contributed by atoms with Crippen molar-refractivity contribution < 1.29 is 22.4 Å². The van der Waals surface area contributed by atoms with Crippen LogP contribution in [0.1, 0.15) is 32.3 Å². The van der Waals surface area contributed by atoms with E-state index >= 15 is 0 Å². The number of rotatable bonds is 12. The molecule has 0 aliphatic heterocycles. The quantitative estimate of drug-likeness (QED) is 0.274. The topological polar surface area (TPSA) is 86.8 Å². The number of carbonyl (C=O) groups is 2. The molecule has 0 unspecified atom stereocenters. The van der Waals surface area contributed by atoms with Crippen molar-refractivity contribution >= 4 is 50.7 Å². The van der Waals surface area contributed by atoms with Crippen LogP contribution in [-0.4, -0.2) is 44.3 Å². The molecular formula is C28H30Cl2FN3O4S. The molecule has 1 atom stereocenters. The third-order valence-electron chi connectivity index (χ3n) is 6.04. The summed E-state index contributed by atoms with van der Waals surface area (Å²) in [4.78, 5) is 27.9. The number of sulfonamides is 1. The maximum absolute atomic E-state index is 14.6. The van der Waals surface area contributed by atoms with Crippen molar-refractivity contribution in [3.63, 3.8) is 0 Å². The Balaban J connectivity index is 2.03. The first kappa shape index (κ1) is 30.4. The molecule has 0 radical (unpaired) electrons. The van der Waals surface area contributed by atoms with Gasteiger partial charge in [0.2, 0.25) is 11.8 Å². The lowest BCUT2D eigenvalue weighted by atomic mass is 10.1. The third kappa shape index (κ3) is 7.94. The zero-order valence-corrected chi connectivity index (χ0v) is 23.9. The Hall–Kier alpha value is -3.14. The summed E-state index contributed by atoms with van der Waals surface area (Å²) in [7, 11) is -4.27.